The van der Waals surface area contributed by atoms with Crippen molar-refractivity contribution >= 4 is 50.9 Å². The van der Waals surface area contributed by atoms with Crippen LogP contribution in [0.2, 0.25) is 0 Å². The third-order valence-corrected chi connectivity index (χ3v) is 15.5. The van der Waals surface area contributed by atoms with Gasteiger partial charge in [-0.3, -0.25) is 14.4 Å². The van der Waals surface area contributed by atoms with Gasteiger partial charge in [0.05, 0.1) is 32.7 Å². The summed E-state index contributed by atoms with van der Waals surface area (Å²) in [4.78, 5) is 37.0. The molecule has 0 amide bonds. The number of isocyanates is 3. The Morgan fingerprint density at radius 1 is 0.197 bits per heavy atom. The Labute approximate surface area is 396 Å². The summed E-state index contributed by atoms with van der Waals surface area (Å²) in [6, 6.07) is 96.5. The van der Waals surface area contributed by atoms with E-state index in [2.05, 4.69) is 273 Å². The first kappa shape index (κ1) is 50.8. The molecule has 0 saturated carbocycles. The van der Waals surface area contributed by atoms with E-state index in [1.807, 2.05) is 0 Å². The van der Waals surface area contributed by atoms with Crippen molar-refractivity contribution in [2.75, 3.05) is 0 Å². The smallest absolute Gasteiger partial charge is 0.166 e. The lowest BCUT2D eigenvalue weighted by molar-refractivity contribution is 0.568. The van der Waals surface area contributed by atoms with Crippen molar-refractivity contribution in [1.82, 2.24) is 0 Å². The van der Waals surface area contributed by atoms with Crippen molar-refractivity contribution in [2.45, 2.75) is 44.1 Å². The Bertz CT molecular complexity index is 2150. The molecular weight excluding hydrogens is 871 g/mol. The number of nitrogens with zero attached hydrogens (tertiary/aromatic N) is 3. The molecule has 0 unspecified atom stereocenters. The lowest BCUT2D eigenvalue weighted by Crippen LogP contribution is -2.04. The van der Waals surface area contributed by atoms with Gasteiger partial charge in [-0.25, -0.2) is 0 Å². The van der Waals surface area contributed by atoms with Gasteiger partial charge in [0.1, 0.15) is 0 Å². The van der Waals surface area contributed by atoms with E-state index in [1.165, 1.54) is 44.1 Å². The van der Waals surface area contributed by atoms with Crippen LogP contribution in [-0.2, 0) is 47.1 Å². The van der Waals surface area contributed by atoms with E-state index >= 15 is 0 Å². The summed E-state index contributed by atoms with van der Waals surface area (Å²) in [5, 5.41) is 20.3. The minimum absolute atomic E-state index is 0.0146. The molecule has 66 heavy (non-hydrogen) atoms. The molecule has 0 atom stereocenters. The van der Waals surface area contributed by atoms with Crippen molar-refractivity contribution in [3.8, 4) is 0 Å². The van der Waals surface area contributed by atoms with Gasteiger partial charge in [-0.2, -0.15) is 0 Å². The Morgan fingerprint density at radius 3 is 0.348 bits per heavy atom. The highest BCUT2D eigenvalue weighted by Crippen LogP contribution is 2.33. The second kappa shape index (κ2) is 31.1. The molecule has 0 N–H and O–H groups in total. The molecular formula is C57H45N3O3S3. The van der Waals surface area contributed by atoms with Crippen molar-refractivity contribution in [2.24, 2.45) is 0 Å². The Kier molecular flexibility index (Phi) is 23.9. The van der Waals surface area contributed by atoms with E-state index in [0.29, 0.717) is 18.2 Å². The maximum Gasteiger partial charge on any atom is 0.166 e. The molecule has 0 aliphatic carbocycles. The molecule has 9 aromatic rings. The van der Waals surface area contributed by atoms with E-state index in [0.717, 1.165) is 0 Å². The van der Waals surface area contributed by atoms with E-state index in [9.17, 15) is 0 Å². The van der Waals surface area contributed by atoms with Crippen LogP contribution in [0.25, 0.3) is 16.2 Å². The molecule has 0 bridgehead atoms. The predicted molar refractivity (Wildman–Crippen MR) is 272 cm³/mol. The summed E-state index contributed by atoms with van der Waals surface area (Å²) >= 11 is 0. The second-order valence-electron chi connectivity index (χ2n) is 13.0. The predicted octanol–water partition coefficient (Wildman–Crippen LogP) is 14.0. The zero-order valence-corrected chi connectivity index (χ0v) is 38.2. The highest BCUT2D eigenvalue weighted by atomic mass is 32.2. The third kappa shape index (κ3) is 17.0. The molecule has 9 heteroatoms. The molecule has 0 fully saturated rings. The Morgan fingerprint density at radius 2 is 0.273 bits per heavy atom. The van der Waals surface area contributed by atoms with Crippen molar-refractivity contribution < 1.29 is 14.4 Å². The molecule has 9 rings (SSSR count). The second-order valence-corrected chi connectivity index (χ2v) is 19.1. The first-order valence-electron chi connectivity index (χ1n) is 20.3. The first-order chi connectivity index (χ1) is 32.6. The fourth-order valence-electron chi connectivity index (χ4n) is 6.23. The van der Waals surface area contributed by atoms with E-state index < -0.39 is 0 Å². The van der Waals surface area contributed by atoms with E-state index in [4.69, 9.17) is 30.6 Å². The van der Waals surface area contributed by atoms with E-state index in [1.54, 1.807) is 0 Å². The van der Waals surface area contributed by atoms with Gasteiger partial charge in [-0.05, 0) is 127 Å². The van der Waals surface area contributed by atoms with Crippen molar-refractivity contribution in [1.29, 1.82) is 0 Å². The Hall–Kier alpha value is -7.83. The number of benzene rings is 9. The van der Waals surface area contributed by atoms with E-state index in [-0.39, 0.29) is 32.7 Å². The van der Waals surface area contributed by atoms with Crippen molar-refractivity contribution in [3.05, 3.63) is 289 Å². The van der Waals surface area contributed by atoms with Crippen LogP contribution in [0.15, 0.2) is 317 Å². The van der Waals surface area contributed by atoms with Gasteiger partial charge in [0, 0.05) is 0 Å². The summed E-state index contributed by atoms with van der Waals surface area (Å²) in [5.74, 6) is 0. The quantitative estimate of drug-likeness (QED) is 0.0815. The molecule has 0 radical (unpaired) electrons. The zero-order chi connectivity index (χ0) is 46.9. The fourth-order valence-corrected chi connectivity index (χ4v) is 12.5. The summed E-state index contributed by atoms with van der Waals surface area (Å²) in [7, 11) is -0.0439. The zero-order valence-electron chi connectivity index (χ0n) is 35.8. The lowest BCUT2D eigenvalue weighted by Gasteiger charge is -2.07. The average Bonchev–Trinajstić information content (AvgIpc) is 3.38. The highest BCUT2D eigenvalue weighted by Gasteiger charge is 2.29. The van der Waals surface area contributed by atoms with Crippen LogP contribution in [0.4, 0.5) is 0 Å². The molecule has 0 aliphatic heterocycles. The van der Waals surface area contributed by atoms with Crippen molar-refractivity contribution in [3.63, 3.8) is 0 Å². The van der Waals surface area contributed by atoms with Gasteiger partial charge < -0.3 is 16.2 Å². The number of hydrogen-bond acceptors (Lipinski definition) is 3. The number of rotatable bonds is 9. The third-order valence-electron chi connectivity index (χ3n) is 8.81. The maximum absolute atomic E-state index is 8.24. The van der Waals surface area contributed by atoms with Gasteiger partial charge in [0.15, 0.2) is 44.1 Å². The molecule has 9 aromatic carbocycles. The topological polar surface area (TPSA) is 118 Å². The monoisotopic (exact) mass is 915 g/mol. The fraction of sp³-hybridized carbons (Fsp3) is 0. The molecule has 6 nitrogen and oxygen atoms in total. The lowest BCUT2D eigenvalue weighted by atomic mass is 10.4. The summed E-state index contributed by atoms with van der Waals surface area (Å²) < 4.78 is 0. The number of hydrogen-bond donors (Lipinski definition) is 0. The Balaban J connectivity index is 0.000000198. The van der Waals surface area contributed by atoms with Crippen LogP contribution in [0.3, 0.4) is 0 Å². The summed E-state index contributed by atoms with van der Waals surface area (Å²) in [6.07, 6.45) is 1.50. The minimum Gasteiger partial charge on any atom is -0.724 e. The molecule has 0 aliphatic rings. The summed E-state index contributed by atoms with van der Waals surface area (Å²) in [6.45, 7) is 0. The van der Waals surface area contributed by atoms with Gasteiger partial charge in [0.25, 0.3) is 0 Å². The van der Waals surface area contributed by atoms with Gasteiger partial charge in [-0.15, -0.1) is 0 Å². The van der Waals surface area contributed by atoms with Crippen LogP contribution in [0.1, 0.15) is 0 Å². The van der Waals surface area contributed by atoms with Crippen LogP contribution < -0.4 is 0 Å². The van der Waals surface area contributed by atoms with Crippen LogP contribution in [0.5, 0.6) is 0 Å². The largest absolute Gasteiger partial charge is 0.724 e. The van der Waals surface area contributed by atoms with Crippen LogP contribution >= 0.6 is 0 Å². The molecule has 0 aromatic heterocycles. The molecule has 0 heterocycles. The minimum atomic E-state index is -0.0146. The van der Waals surface area contributed by atoms with Gasteiger partial charge in [0.2, 0.25) is 0 Å². The molecule has 324 valence electrons. The maximum atomic E-state index is 8.24. The first-order valence-corrected chi connectivity index (χ1v) is 24.0. The van der Waals surface area contributed by atoms with Gasteiger partial charge in [-0.1, -0.05) is 164 Å². The molecule has 0 spiro atoms. The molecule has 0 saturated heterocycles. The number of carbonyl (C=O) groups excluding carboxylic acids is 3. The standard InChI is InChI=1S/3C18H15S.3CNO/c3*1-4-10-16(11-5-1)19(17-12-6-2-7-13-17)18-14-8-3-9-15-18;3*2-1-3/h3*1-15H;;;/q3*+1;3*-1. The highest BCUT2D eigenvalue weighted by molar-refractivity contribution is 7.97. The van der Waals surface area contributed by atoms with Crippen LogP contribution in [-0.4, -0.2) is 18.2 Å². The SMILES string of the molecule is [N-]=C=O.[N-]=C=O.[N-]=C=O.c1ccc([S+](c2ccccc2)c2ccccc2)cc1.c1ccc([S+](c2ccccc2)c2ccccc2)cc1.c1ccc([S+](c2ccccc2)c2ccccc2)cc1. The summed E-state index contributed by atoms with van der Waals surface area (Å²) in [5.41, 5.74) is 0. The van der Waals surface area contributed by atoms with Gasteiger partial charge >= 0.3 is 0 Å². The normalized spacial score (nSPS) is 9.50. The average molecular weight is 916 g/mol. The van der Waals surface area contributed by atoms with Crippen LogP contribution in [0, 0.1) is 0 Å².